The van der Waals surface area contributed by atoms with Gasteiger partial charge in [0.25, 0.3) is 5.91 Å². The largest absolute Gasteiger partial charge is 0.494 e. The zero-order valence-electron chi connectivity index (χ0n) is 13.5. The van der Waals surface area contributed by atoms with Gasteiger partial charge >= 0.3 is 5.97 Å². The maximum Gasteiger partial charge on any atom is 0.331 e. The van der Waals surface area contributed by atoms with E-state index in [4.69, 9.17) is 9.47 Å². The summed E-state index contributed by atoms with van der Waals surface area (Å²) in [5.74, 6) is -0.219. The van der Waals surface area contributed by atoms with Gasteiger partial charge in [-0.3, -0.25) is 4.79 Å². The van der Waals surface area contributed by atoms with E-state index in [0.29, 0.717) is 12.3 Å². The van der Waals surface area contributed by atoms with Gasteiger partial charge in [0.2, 0.25) is 0 Å². The molecule has 2 rings (SSSR count). The first kappa shape index (κ1) is 17.7. The molecule has 1 atom stereocenters. The van der Waals surface area contributed by atoms with Crippen molar-refractivity contribution in [1.82, 2.24) is 0 Å². The van der Waals surface area contributed by atoms with E-state index in [2.05, 4.69) is 5.32 Å². The van der Waals surface area contributed by atoms with E-state index in [9.17, 15) is 9.59 Å². The molecule has 1 aromatic heterocycles. The van der Waals surface area contributed by atoms with Gasteiger partial charge in [-0.25, -0.2) is 4.79 Å². The van der Waals surface area contributed by atoms with Gasteiger partial charge < -0.3 is 14.8 Å². The van der Waals surface area contributed by atoms with Crippen molar-refractivity contribution in [3.05, 3.63) is 52.7 Å². The molecule has 0 saturated heterocycles. The lowest BCUT2D eigenvalue weighted by Gasteiger charge is -2.12. The lowest BCUT2D eigenvalue weighted by molar-refractivity contribution is -0.148. The Bertz CT molecular complexity index is 692. The van der Waals surface area contributed by atoms with Crippen LogP contribution in [0.4, 0.5) is 5.69 Å². The molecule has 126 valence electrons. The topological polar surface area (TPSA) is 64.6 Å². The molecule has 1 amide bonds. The first-order valence-electron chi connectivity index (χ1n) is 7.54. The highest BCUT2D eigenvalue weighted by atomic mass is 32.1. The summed E-state index contributed by atoms with van der Waals surface area (Å²) in [7, 11) is 0. The number of ether oxygens (including phenoxy) is 2. The molecule has 1 aromatic carbocycles. The van der Waals surface area contributed by atoms with Gasteiger partial charge in [0.15, 0.2) is 6.10 Å². The highest BCUT2D eigenvalue weighted by Crippen LogP contribution is 2.16. The predicted octanol–water partition coefficient (Wildman–Crippen LogP) is 3.73. The van der Waals surface area contributed by atoms with E-state index in [1.165, 1.54) is 24.3 Å². The summed E-state index contributed by atoms with van der Waals surface area (Å²) < 4.78 is 10.4. The Kier molecular flexibility index (Phi) is 6.57. The third-order valence-electron chi connectivity index (χ3n) is 3.02. The minimum absolute atomic E-state index is 0.392. The van der Waals surface area contributed by atoms with E-state index in [-0.39, 0.29) is 0 Å². The van der Waals surface area contributed by atoms with Crippen LogP contribution in [0.2, 0.25) is 0 Å². The van der Waals surface area contributed by atoms with Gasteiger partial charge in [0.1, 0.15) is 5.75 Å². The summed E-state index contributed by atoms with van der Waals surface area (Å²) in [6, 6.07) is 10.8. The van der Waals surface area contributed by atoms with Crippen LogP contribution in [0.25, 0.3) is 6.08 Å². The van der Waals surface area contributed by atoms with E-state index in [1.807, 2.05) is 24.4 Å². The molecule has 0 saturated carbocycles. The number of amides is 1. The number of nitrogens with one attached hydrogen (secondary N) is 1. The highest BCUT2D eigenvalue weighted by molar-refractivity contribution is 7.10. The number of hydrogen-bond acceptors (Lipinski definition) is 5. The van der Waals surface area contributed by atoms with Gasteiger partial charge in [-0.1, -0.05) is 6.07 Å². The van der Waals surface area contributed by atoms with Crippen LogP contribution in [-0.2, 0) is 14.3 Å². The first-order valence-corrected chi connectivity index (χ1v) is 8.42. The molecule has 1 N–H and O–H groups in total. The Balaban J connectivity index is 1.84. The van der Waals surface area contributed by atoms with E-state index in [0.717, 1.165) is 10.6 Å². The monoisotopic (exact) mass is 345 g/mol. The Hall–Kier alpha value is -2.60. The predicted molar refractivity (Wildman–Crippen MR) is 95.1 cm³/mol. The zero-order valence-corrected chi connectivity index (χ0v) is 14.3. The van der Waals surface area contributed by atoms with Gasteiger partial charge in [-0.05, 0) is 55.6 Å². The number of anilines is 1. The molecule has 1 heterocycles. The molecule has 5 nitrogen and oxygen atoms in total. The number of rotatable bonds is 7. The summed E-state index contributed by atoms with van der Waals surface area (Å²) in [6.45, 7) is 4.01. The Morgan fingerprint density at radius 2 is 2.00 bits per heavy atom. The fourth-order valence-electron chi connectivity index (χ4n) is 1.85. The molecule has 2 aromatic rings. The minimum atomic E-state index is -0.892. The molecule has 0 unspecified atom stereocenters. The molecule has 0 aliphatic heterocycles. The molecule has 0 aliphatic rings. The van der Waals surface area contributed by atoms with Crippen molar-refractivity contribution in [3.8, 4) is 5.75 Å². The van der Waals surface area contributed by atoms with Crippen LogP contribution in [-0.4, -0.2) is 24.6 Å². The number of hydrogen-bond donors (Lipinski definition) is 1. The summed E-state index contributed by atoms with van der Waals surface area (Å²) in [5, 5.41) is 4.61. The smallest absolute Gasteiger partial charge is 0.331 e. The zero-order chi connectivity index (χ0) is 17.4. The molecule has 0 aliphatic carbocycles. The summed E-state index contributed by atoms with van der Waals surface area (Å²) >= 11 is 1.51. The molecular formula is C18H19NO4S. The Labute approximate surface area is 144 Å². The second-order valence-corrected chi connectivity index (χ2v) is 5.85. The molecule has 24 heavy (non-hydrogen) atoms. The minimum Gasteiger partial charge on any atom is -0.494 e. The van der Waals surface area contributed by atoms with E-state index in [1.54, 1.807) is 30.3 Å². The van der Waals surface area contributed by atoms with Crippen molar-refractivity contribution in [2.45, 2.75) is 20.0 Å². The number of benzene rings is 1. The van der Waals surface area contributed by atoms with E-state index < -0.39 is 18.0 Å². The van der Waals surface area contributed by atoms with Gasteiger partial charge in [-0.2, -0.15) is 0 Å². The van der Waals surface area contributed by atoms with Gasteiger partial charge in [0.05, 0.1) is 6.61 Å². The molecule has 0 radical (unpaired) electrons. The van der Waals surface area contributed by atoms with Gasteiger partial charge in [0, 0.05) is 16.6 Å². The summed E-state index contributed by atoms with van der Waals surface area (Å²) in [6.07, 6.45) is 2.08. The second-order valence-electron chi connectivity index (χ2n) is 4.87. The average molecular weight is 345 g/mol. The molecule has 0 fully saturated rings. The SMILES string of the molecule is CCOc1ccc(NC(=O)[C@H](C)OC(=O)/C=C/c2cccs2)cc1. The lowest BCUT2D eigenvalue weighted by Crippen LogP contribution is -2.29. The normalized spacial score (nSPS) is 11.9. The Morgan fingerprint density at radius 1 is 1.25 bits per heavy atom. The molecule has 0 bridgehead atoms. The van der Waals surface area contributed by atoms with Gasteiger partial charge in [-0.15, -0.1) is 11.3 Å². The van der Waals surface area contributed by atoms with Crippen molar-refractivity contribution in [2.75, 3.05) is 11.9 Å². The van der Waals surface area contributed by atoms with Crippen LogP contribution < -0.4 is 10.1 Å². The maximum absolute atomic E-state index is 12.0. The second kappa shape index (κ2) is 8.88. The molecule has 6 heteroatoms. The lowest BCUT2D eigenvalue weighted by atomic mass is 10.3. The van der Waals surface area contributed by atoms with Crippen molar-refractivity contribution in [3.63, 3.8) is 0 Å². The number of carbonyl (C=O) groups excluding carboxylic acids is 2. The summed E-state index contributed by atoms with van der Waals surface area (Å²) in [5.41, 5.74) is 0.612. The average Bonchev–Trinajstić information content (AvgIpc) is 3.08. The molecule has 0 spiro atoms. The van der Waals surface area contributed by atoms with Crippen molar-refractivity contribution in [2.24, 2.45) is 0 Å². The maximum atomic E-state index is 12.0. The van der Waals surface area contributed by atoms with E-state index >= 15 is 0 Å². The van der Waals surface area contributed by atoms with Crippen LogP contribution in [0.1, 0.15) is 18.7 Å². The Morgan fingerprint density at radius 3 is 2.62 bits per heavy atom. The van der Waals surface area contributed by atoms with Crippen molar-refractivity contribution >= 4 is 35.0 Å². The first-order chi connectivity index (χ1) is 11.6. The standard InChI is InChI=1S/C18H19NO4S/c1-3-22-15-8-6-14(7-9-15)19-18(21)13(2)23-17(20)11-10-16-5-4-12-24-16/h4-13H,3H2,1-2H3,(H,19,21)/b11-10+/t13-/m0/s1. The fraction of sp³-hybridized carbons (Fsp3) is 0.222. The highest BCUT2D eigenvalue weighted by Gasteiger charge is 2.16. The van der Waals surface area contributed by atoms with Crippen LogP contribution >= 0.6 is 11.3 Å². The van der Waals surface area contributed by atoms with Crippen LogP contribution in [0.5, 0.6) is 5.75 Å². The number of esters is 1. The third kappa shape index (κ3) is 5.55. The number of thiophene rings is 1. The molecular weight excluding hydrogens is 326 g/mol. The van der Waals surface area contributed by atoms with Crippen molar-refractivity contribution < 1.29 is 19.1 Å². The quantitative estimate of drug-likeness (QED) is 0.613. The van der Waals surface area contributed by atoms with Crippen molar-refractivity contribution in [1.29, 1.82) is 0 Å². The fourth-order valence-corrected chi connectivity index (χ4v) is 2.47. The third-order valence-corrected chi connectivity index (χ3v) is 3.86. The van der Waals surface area contributed by atoms with Crippen LogP contribution in [0.3, 0.4) is 0 Å². The number of carbonyl (C=O) groups is 2. The van der Waals surface area contributed by atoms with Crippen LogP contribution in [0.15, 0.2) is 47.9 Å². The van der Waals surface area contributed by atoms with Crippen LogP contribution in [0, 0.1) is 0 Å². The summed E-state index contributed by atoms with van der Waals surface area (Å²) in [4.78, 5) is 24.7.